The van der Waals surface area contributed by atoms with Crippen LogP contribution in [0, 0.1) is 0 Å². The Morgan fingerprint density at radius 3 is 3.00 bits per heavy atom. The van der Waals surface area contributed by atoms with Gasteiger partial charge in [-0.2, -0.15) is 0 Å². The maximum atomic E-state index is 11.8. The van der Waals surface area contributed by atoms with Crippen molar-refractivity contribution in [3.05, 3.63) is 24.3 Å². The molecule has 0 bridgehead atoms. The van der Waals surface area contributed by atoms with Crippen LogP contribution < -0.4 is 15.2 Å². The molecule has 112 valence electrons. The first kappa shape index (κ1) is 15.1. The maximum Gasteiger partial charge on any atom is 0.215 e. The van der Waals surface area contributed by atoms with Gasteiger partial charge in [0.05, 0.1) is 11.9 Å². The topological polar surface area (TPSA) is 90.7 Å². The summed E-state index contributed by atoms with van der Waals surface area (Å²) in [5.41, 5.74) is 6.19. The van der Waals surface area contributed by atoms with E-state index in [0.717, 1.165) is 12.8 Å². The molecule has 1 saturated heterocycles. The van der Waals surface area contributed by atoms with E-state index in [1.807, 2.05) is 0 Å². The lowest BCUT2D eigenvalue weighted by atomic mass is 10.2. The minimum Gasteiger partial charge on any atom is -0.492 e. The molecule has 3 N–H and O–H groups in total. The van der Waals surface area contributed by atoms with Crippen LogP contribution in [0.3, 0.4) is 0 Å². The third kappa shape index (κ3) is 4.99. The summed E-state index contributed by atoms with van der Waals surface area (Å²) in [6.07, 6.45) is 1.90. The molecule has 1 aromatic carbocycles. The summed E-state index contributed by atoms with van der Waals surface area (Å²) in [5.74, 6) is 0.480. The molecule has 7 heteroatoms. The lowest BCUT2D eigenvalue weighted by molar-refractivity contribution is 0.114. The second-order valence-electron chi connectivity index (χ2n) is 4.72. The molecule has 0 amide bonds. The van der Waals surface area contributed by atoms with Gasteiger partial charge in [-0.3, -0.25) is 0 Å². The molecule has 0 spiro atoms. The van der Waals surface area contributed by atoms with Crippen molar-refractivity contribution in [3.63, 3.8) is 0 Å². The fourth-order valence-corrected chi connectivity index (χ4v) is 2.86. The average Bonchev–Trinajstić information content (AvgIpc) is 2.89. The van der Waals surface area contributed by atoms with Gasteiger partial charge in [0.1, 0.15) is 12.4 Å². The number of anilines is 1. The molecule has 0 aromatic heterocycles. The molecule has 1 aliphatic heterocycles. The third-order valence-corrected chi connectivity index (χ3v) is 4.34. The normalized spacial score (nSPS) is 19.1. The number of rotatable bonds is 7. The Kier molecular flexibility index (Phi) is 5.22. The Bertz CT molecular complexity index is 527. The average molecular weight is 300 g/mol. The van der Waals surface area contributed by atoms with Gasteiger partial charge in [0.25, 0.3) is 0 Å². The van der Waals surface area contributed by atoms with Crippen LogP contribution in [0.1, 0.15) is 12.8 Å². The molecule has 20 heavy (non-hydrogen) atoms. The first-order chi connectivity index (χ1) is 9.55. The number of nitrogens with one attached hydrogen (secondary N) is 1. The molecule has 1 atom stereocenters. The van der Waals surface area contributed by atoms with Crippen LogP contribution in [-0.4, -0.2) is 40.0 Å². The van der Waals surface area contributed by atoms with Crippen LogP contribution in [0.15, 0.2) is 24.3 Å². The van der Waals surface area contributed by atoms with Gasteiger partial charge in [0.15, 0.2) is 0 Å². The summed E-state index contributed by atoms with van der Waals surface area (Å²) in [5, 5.41) is 0. The number of hydrogen-bond donors (Lipinski definition) is 2. The number of sulfonamides is 1. The minimum absolute atomic E-state index is 0.000356. The third-order valence-electron chi connectivity index (χ3n) is 3.03. The Hall–Kier alpha value is -1.31. The Morgan fingerprint density at radius 1 is 1.45 bits per heavy atom. The predicted molar refractivity (Wildman–Crippen MR) is 77.1 cm³/mol. The van der Waals surface area contributed by atoms with Crippen LogP contribution in [0.2, 0.25) is 0 Å². The van der Waals surface area contributed by atoms with Gasteiger partial charge < -0.3 is 15.2 Å². The molecule has 1 aliphatic rings. The van der Waals surface area contributed by atoms with Gasteiger partial charge in [-0.15, -0.1) is 0 Å². The monoisotopic (exact) mass is 300 g/mol. The van der Waals surface area contributed by atoms with Crippen molar-refractivity contribution in [1.29, 1.82) is 0 Å². The minimum atomic E-state index is -3.34. The zero-order chi connectivity index (χ0) is 14.4. The number of nitrogens with two attached hydrogens (primary N) is 1. The van der Waals surface area contributed by atoms with Crippen molar-refractivity contribution in [2.24, 2.45) is 0 Å². The van der Waals surface area contributed by atoms with Gasteiger partial charge in [-0.05, 0) is 25.0 Å². The molecular formula is C13H20N2O4S. The standard InChI is InChI=1S/C13H20N2O4S/c14-11-3-1-4-12(9-11)19-7-8-20(16,17)15-10-13-5-2-6-18-13/h1,3-4,9,13,15H,2,5-8,10,14H2. The second kappa shape index (κ2) is 6.92. The molecule has 0 radical (unpaired) electrons. The molecule has 2 rings (SSSR count). The summed E-state index contributed by atoms with van der Waals surface area (Å²) in [6, 6.07) is 6.90. The van der Waals surface area contributed by atoms with Crippen molar-refractivity contribution in [2.45, 2.75) is 18.9 Å². The molecule has 1 aromatic rings. The smallest absolute Gasteiger partial charge is 0.215 e. The van der Waals surface area contributed by atoms with Crippen molar-refractivity contribution < 1.29 is 17.9 Å². The van der Waals surface area contributed by atoms with E-state index >= 15 is 0 Å². The van der Waals surface area contributed by atoms with Crippen LogP contribution >= 0.6 is 0 Å². The van der Waals surface area contributed by atoms with E-state index < -0.39 is 10.0 Å². The van der Waals surface area contributed by atoms with Crippen molar-refractivity contribution in [2.75, 3.05) is 31.2 Å². The maximum absolute atomic E-state index is 11.8. The van der Waals surface area contributed by atoms with E-state index in [0.29, 0.717) is 24.6 Å². The fraction of sp³-hybridized carbons (Fsp3) is 0.538. The highest BCUT2D eigenvalue weighted by Crippen LogP contribution is 2.14. The summed E-state index contributed by atoms with van der Waals surface area (Å²) in [4.78, 5) is 0. The van der Waals surface area contributed by atoms with Gasteiger partial charge >= 0.3 is 0 Å². The molecule has 1 heterocycles. The van der Waals surface area contributed by atoms with E-state index in [1.54, 1.807) is 24.3 Å². The largest absolute Gasteiger partial charge is 0.492 e. The summed E-state index contributed by atoms with van der Waals surface area (Å²) in [6.45, 7) is 1.13. The molecule has 0 aliphatic carbocycles. The van der Waals surface area contributed by atoms with Crippen LogP contribution in [0.25, 0.3) is 0 Å². The van der Waals surface area contributed by atoms with Gasteiger partial charge in [0.2, 0.25) is 10.0 Å². The van der Waals surface area contributed by atoms with E-state index in [4.69, 9.17) is 15.2 Å². The summed E-state index contributed by atoms with van der Waals surface area (Å²) >= 11 is 0. The number of benzene rings is 1. The molecule has 1 fully saturated rings. The summed E-state index contributed by atoms with van der Waals surface area (Å²) in [7, 11) is -3.34. The zero-order valence-electron chi connectivity index (χ0n) is 11.2. The van der Waals surface area contributed by atoms with E-state index in [2.05, 4.69) is 4.72 Å². The lowest BCUT2D eigenvalue weighted by Gasteiger charge is -2.12. The Morgan fingerprint density at radius 2 is 2.30 bits per heavy atom. The highest BCUT2D eigenvalue weighted by Gasteiger charge is 2.18. The molecular weight excluding hydrogens is 280 g/mol. The van der Waals surface area contributed by atoms with Crippen LogP contribution in [0.4, 0.5) is 5.69 Å². The molecule has 0 saturated carbocycles. The Labute approximate surface area is 119 Å². The quantitative estimate of drug-likeness (QED) is 0.725. The predicted octanol–water partition coefficient (Wildman–Crippen LogP) is 0.746. The van der Waals surface area contributed by atoms with E-state index in [-0.39, 0.29) is 18.5 Å². The fourth-order valence-electron chi connectivity index (χ4n) is 1.97. The van der Waals surface area contributed by atoms with Gasteiger partial charge in [-0.1, -0.05) is 6.07 Å². The lowest BCUT2D eigenvalue weighted by Crippen LogP contribution is -2.34. The first-order valence-corrected chi connectivity index (χ1v) is 8.28. The van der Waals surface area contributed by atoms with E-state index in [9.17, 15) is 8.42 Å². The van der Waals surface area contributed by atoms with Crippen LogP contribution in [0.5, 0.6) is 5.75 Å². The molecule has 6 nitrogen and oxygen atoms in total. The van der Waals surface area contributed by atoms with Gasteiger partial charge in [-0.25, -0.2) is 13.1 Å². The molecule has 1 unspecified atom stereocenters. The second-order valence-corrected chi connectivity index (χ2v) is 6.65. The highest BCUT2D eigenvalue weighted by molar-refractivity contribution is 7.89. The first-order valence-electron chi connectivity index (χ1n) is 6.62. The number of nitrogen functional groups attached to an aromatic ring is 1. The number of hydrogen-bond acceptors (Lipinski definition) is 5. The Balaban J connectivity index is 1.71. The summed E-state index contributed by atoms with van der Waals surface area (Å²) < 4.78 is 36.8. The number of ether oxygens (including phenoxy) is 2. The zero-order valence-corrected chi connectivity index (χ0v) is 12.1. The van der Waals surface area contributed by atoms with Crippen molar-refractivity contribution >= 4 is 15.7 Å². The van der Waals surface area contributed by atoms with Crippen molar-refractivity contribution in [3.8, 4) is 5.75 Å². The van der Waals surface area contributed by atoms with Gasteiger partial charge in [0, 0.05) is 24.9 Å². The highest BCUT2D eigenvalue weighted by atomic mass is 32.2. The van der Waals surface area contributed by atoms with E-state index in [1.165, 1.54) is 0 Å². The SMILES string of the molecule is Nc1cccc(OCCS(=O)(=O)NCC2CCCO2)c1. The van der Waals surface area contributed by atoms with Crippen molar-refractivity contribution in [1.82, 2.24) is 4.72 Å². The van der Waals surface area contributed by atoms with Crippen LogP contribution in [-0.2, 0) is 14.8 Å².